The van der Waals surface area contributed by atoms with Crippen LogP contribution in [0.3, 0.4) is 0 Å². The lowest BCUT2D eigenvalue weighted by molar-refractivity contribution is 0.417. The first kappa shape index (κ1) is 11.3. The zero-order valence-electron chi connectivity index (χ0n) is 9.63. The van der Waals surface area contributed by atoms with E-state index in [2.05, 4.69) is 15.6 Å². The van der Waals surface area contributed by atoms with Crippen molar-refractivity contribution < 1.29 is 4.74 Å². The lowest BCUT2D eigenvalue weighted by Crippen LogP contribution is -2.12. The van der Waals surface area contributed by atoms with Crippen molar-refractivity contribution in [1.29, 1.82) is 0 Å². The van der Waals surface area contributed by atoms with E-state index in [1.54, 1.807) is 18.0 Å². The fraction of sp³-hybridized carbons (Fsp3) is 0.273. The molecule has 0 saturated carbocycles. The van der Waals surface area contributed by atoms with Crippen LogP contribution < -0.4 is 15.8 Å². The molecule has 0 aliphatic rings. The third kappa shape index (κ3) is 2.66. The van der Waals surface area contributed by atoms with Crippen LogP contribution in [0.25, 0.3) is 0 Å². The first-order valence-electron chi connectivity index (χ1n) is 5.31. The molecular weight excluding hydrogens is 218 g/mol. The summed E-state index contributed by atoms with van der Waals surface area (Å²) in [5.41, 5.74) is 7.42. The number of nitrogen functional groups attached to an aromatic ring is 1. The summed E-state index contributed by atoms with van der Waals surface area (Å²) in [5.74, 6) is 0.677. The van der Waals surface area contributed by atoms with E-state index < -0.39 is 0 Å². The van der Waals surface area contributed by atoms with Crippen LogP contribution >= 0.6 is 0 Å². The molecule has 1 aromatic heterocycles. The molecule has 0 aliphatic heterocycles. The van der Waals surface area contributed by atoms with Crippen molar-refractivity contribution in [2.75, 3.05) is 24.7 Å². The van der Waals surface area contributed by atoms with Gasteiger partial charge in [-0.3, -0.25) is 4.68 Å². The van der Waals surface area contributed by atoms with Crippen molar-refractivity contribution >= 4 is 11.4 Å². The predicted molar refractivity (Wildman–Crippen MR) is 65.9 cm³/mol. The topological polar surface area (TPSA) is 78.0 Å². The number of rotatable bonds is 5. The van der Waals surface area contributed by atoms with Crippen molar-refractivity contribution in [1.82, 2.24) is 15.0 Å². The van der Waals surface area contributed by atoms with Crippen LogP contribution in [0.1, 0.15) is 0 Å². The minimum atomic E-state index is 0.619. The smallest absolute Gasteiger partial charge is 0.143 e. The molecule has 6 heteroatoms. The van der Waals surface area contributed by atoms with Gasteiger partial charge in [-0.2, -0.15) is 0 Å². The number of ether oxygens (including phenoxy) is 1. The van der Waals surface area contributed by atoms with Gasteiger partial charge in [0.1, 0.15) is 5.75 Å². The SMILES string of the molecule is COc1cccc(NCCn2ccnn2)c1N. The normalized spacial score (nSPS) is 10.2. The maximum Gasteiger partial charge on any atom is 0.143 e. The van der Waals surface area contributed by atoms with Crippen LogP contribution in [0.2, 0.25) is 0 Å². The number of para-hydroxylation sites is 1. The number of nitrogens with zero attached hydrogens (tertiary/aromatic N) is 3. The Hall–Kier alpha value is -2.24. The molecule has 0 bridgehead atoms. The first-order chi connectivity index (χ1) is 8.31. The van der Waals surface area contributed by atoms with Gasteiger partial charge < -0.3 is 15.8 Å². The molecular formula is C11H15N5O. The van der Waals surface area contributed by atoms with E-state index in [1.165, 1.54) is 0 Å². The molecule has 0 aliphatic carbocycles. The van der Waals surface area contributed by atoms with Crippen molar-refractivity contribution in [2.24, 2.45) is 0 Å². The monoisotopic (exact) mass is 233 g/mol. The van der Waals surface area contributed by atoms with Crippen LogP contribution in [0.5, 0.6) is 5.75 Å². The van der Waals surface area contributed by atoms with Crippen molar-refractivity contribution in [3.05, 3.63) is 30.6 Å². The largest absolute Gasteiger partial charge is 0.495 e. The molecule has 2 rings (SSSR count). The van der Waals surface area contributed by atoms with Gasteiger partial charge in [-0.1, -0.05) is 11.3 Å². The summed E-state index contributed by atoms with van der Waals surface area (Å²) in [6, 6.07) is 5.64. The average Bonchev–Trinajstić information content (AvgIpc) is 2.84. The number of anilines is 2. The number of hydrogen-bond acceptors (Lipinski definition) is 5. The van der Waals surface area contributed by atoms with Crippen LogP contribution in [-0.2, 0) is 6.54 Å². The summed E-state index contributed by atoms with van der Waals surface area (Å²) < 4.78 is 6.90. The third-order valence-corrected chi connectivity index (χ3v) is 2.41. The molecule has 0 fully saturated rings. The van der Waals surface area contributed by atoms with Gasteiger partial charge >= 0.3 is 0 Å². The highest BCUT2D eigenvalue weighted by Gasteiger charge is 2.03. The van der Waals surface area contributed by atoms with Gasteiger partial charge in [0.2, 0.25) is 0 Å². The zero-order valence-corrected chi connectivity index (χ0v) is 9.63. The lowest BCUT2D eigenvalue weighted by atomic mass is 10.2. The van der Waals surface area contributed by atoms with Gasteiger partial charge in [-0.25, -0.2) is 0 Å². The molecule has 1 aromatic carbocycles. The molecule has 17 heavy (non-hydrogen) atoms. The van der Waals surface area contributed by atoms with Crippen LogP contribution in [0, 0.1) is 0 Å². The molecule has 0 atom stereocenters. The maximum atomic E-state index is 5.93. The highest BCUT2D eigenvalue weighted by Crippen LogP contribution is 2.28. The van der Waals surface area contributed by atoms with Gasteiger partial charge in [0.25, 0.3) is 0 Å². The Labute approximate surface area is 99.4 Å². The molecule has 2 aromatic rings. The Balaban J connectivity index is 1.95. The summed E-state index contributed by atoms with van der Waals surface area (Å²) in [7, 11) is 1.60. The standard InChI is InChI=1S/C11H15N5O/c1-17-10-4-2-3-9(11(10)12)13-5-7-16-8-6-14-15-16/h2-4,6,8,13H,5,7,12H2,1H3. The Morgan fingerprint density at radius 2 is 2.35 bits per heavy atom. The van der Waals surface area contributed by atoms with E-state index in [9.17, 15) is 0 Å². The quantitative estimate of drug-likeness (QED) is 0.753. The lowest BCUT2D eigenvalue weighted by Gasteiger charge is -2.11. The second kappa shape index (κ2) is 5.20. The van der Waals surface area contributed by atoms with Gasteiger partial charge in [0.05, 0.1) is 31.2 Å². The van der Waals surface area contributed by atoms with Crippen molar-refractivity contribution in [2.45, 2.75) is 6.54 Å². The molecule has 6 nitrogen and oxygen atoms in total. The van der Waals surface area contributed by atoms with Gasteiger partial charge in [0.15, 0.2) is 0 Å². The second-order valence-electron chi connectivity index (χ2n) is 3.51. The van der Waals surface area contributed by atoms with Crippen LogP contribution in [0.15, 0.2) is 30.6 Å². The molecule has 3 N–H and O–H groups in total. The fourth-order valence-electron chi connectivity index (χ4n) is 1.53. The molecule has 0 unspecified atom stereocenters. The van der Waals surface area contributed by atoms with Crippen LogP contribution in [0.4, 0.5) is 11.4 Å². The Morgan fingerprint density at radius 3 is 3.06 bits per heavy atom. The summed E-state index contributed by atoms with van der Waals surface area (Å²) in [5, 5.41) is 10.8. The van der Waals surface area contributed by atoms with E-state index in [1.807, 2.05) is 24.4 Å². The number of nitrogens with one attached hydrogen (secondary N) is 1. The van der Waals surface area contributed by atoms with E-state index in [0.717, 1.165) is 18.8 Å². The van der Waals surface area contributed by atoms with E-state index >= 15 is 0 Å². The Kier molecular flexibility index (Phi) is 3.44. The minimum Gasteiger partial charge on any atom is -0.495 e. The summed E-state index contributed by atoms with van der Waals surface area (Å²) >= 11 is 0. The molecule has 0 saturated heterocycles. The number of nitrogens with two attached hydrogens (primary N) is 1. The number of aromatic nitrogens is 3. The van der Waals surface area contributed by atoms with Gasteiger partial charge in [0, 0.05) is 12.7 Å². The molecule has 0 amide bonds. The average molecular weight is 233 g/mol. The fourth-order valence-corrected chi connectivity index (χ4v) is 1.53. The van der Waals surface area contributed by atoms with Crippen molar-refractivity contribution in [3.63, 3.8) is 0 Å². The molecule has 1 heterocycles. The Bertz CT molecular complexity index is 469. The highest BCUT2D eigenvalue weighted by molar-refractivity contribution is 5.72. The second-order valence-corrected chi connectivity index (χ2v) is 3.51. The number of methoxy groups -OCH3 is 1. The highest BCUT2D eigenvalue weighted by atomic mass is 16.5. The Morgan fingerprint density at radius 1 is 1.47 bits per heavy atom. The summed E-state index contributed by atoms with van der Waals surface area (Å²) in [6.45, 7) is 1.46. The number of hydrogen-bond donors (Lipinski definition) is 2. The minimum absolute atomic E-state index is 0.619. The number of benzene rings is 1. The van der Waals surface area contributed by atoms with Gasteiger partial charge in [-0.05, 0) is 12.1 Å². The third-order valence-electron chi connectivity index (χ3n) is 2.41. The van der Waals surface area contributed by atoms with E-state index in [0.29, 0.717) is 11.4 Å². The van der Waals surface area contributed by atoms with E-state index in [4.69, 9.17) is 10.5 Å². The predicted octanol–water partition coefficient (Wildman–Crippen LogP) is 0.981. The molecule has 90 valence electrons. The summed E-state index contributed by atoms with van der Waals surface area (Å²) in [4.78, 5) is 0. The van der Waals surface area contributed by atoms with E-state index in [-0.39, 0.29) is 0 Å². The van der Waals surface area contributed by atoms with Crippen molar-refractivity contribution in [3.8, 4) is 5.75 Å². The zero-order chi connectivity index (χ0) is 12.1. The molecule has 0 radical (unpaired) electrons. The van der Waals surface area contributed by atoms with Gasteiger partial charge in [-0.15, -0.1) is 5.10 Å². The van der Waals surface area contributed by atoms with Crippen LogP contribution in [-0.4, -0.2) is 28.6 Å². The summed E-state index contributed by atoms with van der Waals surface area (Å²) in [6.07, 6.45) is 3.47. The molecule has 0 spiro atoms. The first-order valence-corrected chi connectivity index (χ1v) is 5.31. The maximum absolute atomic E-state index is 5.93.